The van der Waals surface area contributed by atoms with Crippen molar-refractivity contribution in [3.05, 3.63) is 11.7 Å². The molecule has 1 amide bonds. The lowest BCUT2D eigenvalue weighted by molar-refractivity contribution is 0.0449. The SMILES string of the molecule is CC.CCOC(=O)c1noc(C(C)(C)NC(=O)OC(C)(C)C)n1. The Morgan fingerprint density at radius 3 is 2.22 bits per heavy atom. The zero-order valence-electron chi connectivity index (χ0n) is 15.1. The number of hydrogen-bond donors (Lipinski definition) is 1. The molecule has 1 heterocycles. The van der Waals surface area contributed by atoms with Gasteiger partial charge in [0.25, 0.3) is 11.7 Å². The average molecular weight is 329 g/mol. The molecular formula is C15H27N3O5. The maximum absolute atomic E-state index is 11.8. The molecule has 132 valence electrons. The number of aromatic nitrogens is 2. The topological polar surface area (TPSA) is 104 Å². The summed E-state index contributed by atoms with van der Waals surface area (Å²) in [5.74, 6) is -0.789. The van der Waals surface area contributed by atoms with E-state index in [0.717, 1.165) is 0 Å². The Morgan fingerprint density at radius 2 is 1.74 bits per heavy atom. The summed E-state index contributed by atoms with van der Waals surface area (Å²) in [7, 11) is 0. The summed E-state index contributed by atoms with van der Waals surface area (Å²) >= 11 is 0. The van der Waals surface area contributed by atoms with Crippen LogP contribution in [0.4, 0.5) is 4.79 Å². The van der Waals surface area contributed by atoms with Gasteiger partial charge in [0, 0.05) is 0 Å². The number of carbonyl (C=O) groups excluding carboxylic acids is 2. The van der Waals surface area contributed by atoms with E-state index >= 15 is 0 Å². The van der Waals surface area contributed by atoms with Gasteiger partial charge in [-0.25, -0.2) is 9.59 Å². The molecule has 0 unspecified atom stereocenters. The van der Waals surface area contributed by atoms with Gasteiger partial charge in [0.15, 0.2) is 0 Å². The molecule has 8 nitrogen and oxygen atoms in total. The predicted molar refractivity (Wildman–Crippen MR) is 84.0 cm³/mol. The van der Waals surface area contributed by atoms with Crippen LogP contribution in [0, 0.1) is 0 Å². The van der Waals surface area contributed by atoms with Crippen molar-refractivity contribution in [3.8, 4) is 0 Å². The standard InChI is InChI=1S/C13H21N3O5.C2H6/c1-7-19-9(17)8-14-10(21-16-8)13(5,6)15-11(18)20-12(2,3)4;1-2/h7H2,1-6H3,(H,15,18);1-2H3. The largest absolute Gasteiger partial charge is 0.460 e. The lowest BCUT2D eigenvalue weighted by atomic mass is 10.1. The van der Waals surface area contributed by atoms with Crippen molar-refractivity contribution >= 4 is 12.1 Å². The first-order valence-electron chi connectivity index (χ1n) is 7.57. The van der Waals surface area contributed by atoms with Crippen molar-refractivity contribution in [1.82, 2.24) is 15.5 Å². The molecule has 0 aliphatic carbocycles. The van der Waals surface area contributed by atoms with Crippen LogP contribution in [-0.4, -0.2) is 34.4 Å². The molecule has 23 heavy (non-hydrogen) atoms. The van der Waals surface area contributed by atoms with Gasteiger partial charge in [-0.15, -0.1) is 0 Å². The van der Waals surface area contributed by atoms with E-state index < -0.39 is 23.2 Å². The van der Waals surface area contributed by atoms with Crippen LogP contribution < -0.4 is 5.32 Å². The fraction of sp³-hybridized carbons (Fsp3) is 0.733. The van der Waals surface area contributed by atoms with E-state index in [4.69, 9.17) is 14.0 Å². The molecule has 0 spiro atoms. The summed E-state index contributed by atoms with van der Waals surface area (Å²) < 4.78 is 14.9. The van der Waals surface area contributed by atoms with Crippen LogP contribution >= 0.6 is 0 Å². The summed E-state index contributed by atoms with van der Waals surface area (Å²) in [6.45, 7) is 14.5. The fourth-order valence-electron chi connectivity index (χ4n) is 1.37. The predicted octanol–water partition coefficient (Wildman–Crippen LogP) is 3.03. The van der Waals surface area contributed by atoms with Crippen molar-refractivity contribution in [1.29, 1.82) is 0 Å². The lowest BCUT2D eigenvalue weighted by Crippen LogP contribution is -2.44. The zero-order valence-corrected chi connectivity index (χ0v) is 15.1. The number of esters is 1. The second-order valence-electron chi connectivity index (χ2n) is 5.90. The Labute approximate surface area is 136 Å². The molecule has 1 aromatic heterocycles. The summed E-state index contributed by atoms with van der Waals surface area (Å²) in [5.41, 5.74) is -1.61. The van der Waals surface area contributed by atoms with Gasteiger partial charge < -0.3 is 19.3 Å². The molecule has 0 aliphatic heterocycles. The molecule has 0 fully saturated rings. The summed E-state index contributed by atoms with van der Waals surface area (Å²) in [6.07, 6.45) is -0.622. The van der Waals surface area contributed by atoms with Crippen LogP contribution in [0.5, 0.6) is 0 Å². The van der Waals surface area contributed by atoms with Gasteiger partial charge in [-0.2, -0.15) is 4.98 Å². The zero-order chi connectivity index (χ0) is 18.3. The fourth-order valence-corrected chi connectivity index (χ4v) is 1.37. The van der Waals surface area contributed by atoms with E-state index in [1.807, 2.05) is 13.8 Å². The van der Waals surface area contributed by atoms with Crippen molar-refractivity contribution in [3.63, 3.8) is 0 Å². The van der Waals surface area contributed by atoms with Gasteiger partial charge >= 0.3 is 12.1 Å². The molecule has 1 aromatic rings. The van der Waals surface area contributed by atoms with E-state index in [9.17, 15) is 9.59 Å². The van der Waals surface area contributed by atoms with E-state index in [-0.39, 0.29) is 18.3 Å². The minimum atomic E-state index is -0.986. The highest BCUT2D eigenvalue weighted by Crippen LogP contribution is 2.19. The second-order valence-corrected chi connectivity index (χ2v) is 5.90. The van der Waals surface area contributed by atoms with E-state index in [1.165, 1.54) is 0 Å². The molecule has 0 aliphatic rings. The molecule has 0 saturated carbocycles. The quantitative estimate of drug-likeness (QED) is 0.847. The highest BCUT2D eigenvalue weighted by molar-refractivity contribution is 5.84. The smallest absolute Gasteiger partial charge is 0.408 e. The monoisotopic (exact) mass is 329 g/mol. The third-order valence-electron chi connectivity index (χ3n) is 2.23. The minimum Gasteiger partial charge on any atom is -0.460 e. The van der Waals surface area contributed by atoms with Crippen LogP contribution in [0.25, 0.3) is 0 Å². The van der Waals surface area contributed by atoms with Gasteiger partial charge in [0.05, 0.1) is 6.61 Å². The number of rotatable bonds is 4. The summed E-state index contributed by atoms with van der Waals surface area (Å²) in [5, 5.41) is 6.13. The van der Waals surface area contributed by atoms with Crippen LogP contribution in [0.2, 0.25) is 0 Å². The molecular weight excluding hydrogens is 302 g/mol. The molecule has 0 aromatic carbocycles. The van der Waals surface area contributed by atoms with E-state index in [2.05, 4.69) is 15.5 Å². The number of ether oxygens (including phenoxy) is 2. The molecule has 0 atom stereocenters. The molecule has 0 bridgehead atoms. The van der Waals surface area contributed by atoms with Crippen molar-refractivity contribution in [2.24, 2.45) is 0 Å². The maximum Gasteiger partial charge on any atom is 0.408 e. The van der Waals surface area contributed by atoms with Crippen molar-refractivity contribution in [2.75, 3.05) is 6.61 Å². The van der Waals surface area contributed by atoms with Crippen LogP contribution in [0.15, 0.2) is 4.52 Å². The minimum absolute atomic E-state index is 0.0800. The Morgan fingerprint density at radius 1 is 1.17 bits per heavy atom. The molecule has 1 N–H and O–H groups in total. The maximum atomic E-state index is 11.8. The third kappa shape index (κ3) is 7.12. The Balaban J connectivity index is 0.00000232. The number of nitrogens with one attached hydrogen (secondary N) is 1. The first kappa shape index (κ1) is 20.9. The first-order chi connectivity index (χ1) is 10.5. The van der Waals surface area contributed by atoms with Crippen LogP contribution in [0.3, 0.4) is 0 Å². The van der Waals surface area contributed by atoms with E-state index in [1.54, 1.807) is 41.5 Å². The van der Waals surface area contributed by atoms with Crippen LogP contribution in [0.1, 0.15) is 71.9 Å². The highest BCUT2D eigenvalue weighted by Gasteiger charge is 2.32. The lowest BCUT2D eigenvalue weighted by Gasteiger charge is -2.25. The Kier molecular flexibility index (Phi) is 7.71. The highest BCUT2D eigenvalue weighted by atomic mass is 16.6. The van der Waals surface area contributed by atoms with E-state index in [0.29, 0.717) is 0 Å². The molecule has 1 rings (SSSR count). The second kappa shape index (κ2) is 8.50. The van der Waals surface area contributed by atoms with Gasteiger partial charge in [0.2, 0.25) is 0 Å². The summed E-state index contributed by atoms with van der Waals surface area (Å²) in [4.78, 5) is 27.2. The van der Waals surface area contributed by atoms with Crippen LogP contribution in [-0.2, 0) is 15.0 Å². The number of carbonyl (C=O) groups is 2. The number of amides is 1. The molecule has 8 heteroatoms. The average Bonchev–Trinajstić information content (AvgIpc) is 2.88. The Bertz CT molecular complexity index is 517. The molecule has 0 radical (unpaired) electrons. The van der Waals surface area contributed by atoms with Gasteiger partial charge in [-0.05, 0) is 46.7 Å². The normalized spacial score (nSPS) is 11.1. The number of hydrogen-bond acceptors (Lipinski definition) is 7. The summed E-state index contributed by atoms with van der Waals surface area (Å²) in [6, 6.07) is 0. The number of nitrogens with zero attached hydrogens (tertiary/aromatic N) is 2. The van der Waals surface area contributed by atoms with Gasteiger partial charge in [-0.1, -0.05) is 13.8 Å². The van der Waals surface area contributed by atoms with Crippen molar-refractivity contribution in [2.45, 2.75) is 66.5 Å². The molecule has 0 saturated heterocycles. The Hall–Kier alpha value is -2.12. The van der Waals surface area contributed by atoms with Gasteiger partial charge in [0.1, 0.15) is 11.1 Å². The van der Waals surface area contributed by atoms with Gasteiger partial charge in [-0.3, -0.25) is 0 Å². The van der Waals surface area contributed by atoms with Crippen molar-refractivity contribution < 1.29 is 23.6 Å². The first-order valence-corrected chi connectivity index (χ1v) is 7.57. The number of alkyl carbamates (subject to hydrolysis) is 1. The third-order valence-corrected chi connectivity index (χ3v) is 2.23.